The number of pyridine rings is 1. The van der Waals surface area contributed by atoms with Gasteiger partial charge in [0.15, 0.2) is 0 Å². The van der Waals surface area contributed by atoms with E-state index in [-0.39, 0.29) is 6.04 Å². The fourth-order valence-electron chi connectivity index (χ4n) is 1.13. The minimum Gasteiger partial charge on any atom is -0.324 e. The predicted molar refractivity (Wildman–Crippen MR) is 50.6 cm³/mol. The van der Waals surface area contributed by atoms with E-state index >= 15 is 0 Å². The zero-order valence-corrected chi connectivity index (χ0v) is 7.41. The molecule has 70 valence electrons. The van der Waals surface area contributed by atoms with Gasteiger partial charge in [-0.1, -0.05) is 12.1 Å². The van der Waals surface area contributed by atoms with Crippen molar-refractivity contribution < 1.29 is 4.39 Å². The molecule has 1 heterocycles. The maximum atomic E-state index is 13.1. The van der Waals surface area contributed by atoms with Crippen molar-refractivity contribution in [1.82, 2.24) is 4.98 Å². The smallest absolute Gasteiger partial charge is 0.217 e. The molecule has 13 heavy (non-hydrogen) atoms. The van der Waals surface area contributed by atoms with E-state index in [9.17, 15) is 4.39 Å². The van der Waals surface area contributed by atoms with Crippen LogP contribution < -0.4 is 5.73 Å². The highest BCUT2D eigenvalue weighted by atomic mass is 19.1. The molecule has 0 spiro atoms. The van der Waals surface area contributed by atoms with E-state index in [1.807, 2.05) is 0 Å². The maximum Gasteiger partial charge on any atom is 0.217 e. The summed E-state index contributed by atoms with van der Waals surface area (Å²) in [6.45, 7) is 3.58. The number of hydrogen-bond donors (Lipinski definition) is 1. The van der Waals surface area contributed by atoms with Gasteiger partial charge in [-0.2, -0.15) is 4.39 Å². The second kappa shape index (κ2) is 4.72. The van der Waals surface area contributed by atoms with Gasteiger partial charge in [-0.05, 0) is 18.9 Å². The number of rotatable bonds is 4. The second-order valence-corrected chi connectivity index (χ2v) is 2.86. The molecular formula is C10H13FN2. The molecule has 0 fully saturated rings. The van der Waals surface area contributed by atoms with Gasteiger partial charge in [0.25, 0.3) is 0 Å². The van der Waals surface area contributed by atoms with Gasteiger partial charge in [0.05, 0.1) is 0 Å². The molecule has 2 nitrogen and oxygen atoms in total. The Morgan fingerprint density at radius 1 is 1.69 bits per heavy atom. The van der Waals surface area contributed by atoms with Crippen molar-refractivity contribution in [3.8, 4) is 0 Å². The first kappa shape index (κ1) is 9.86. The summed E-state index contributed by atoms with van der Waals surface area (Å²) >= 11 is 0. The highest BCUT2D eigenvalue weighted by Gasteiger charge is 2.10. The van der Waals surface area contributed by atoms with Gasteiger partial charge in [0.2, 0.25) is 5.95 Å². The third kappa shape index (κ3) is 2.63. The second-order valence-electron chi connectivity index (χ2n) is 2.86. The number of allylic oxidation sites excluding steroid dienone is 1. The number of halogens is 1. The fraction of sp³-hybridized carbons (Fsp3) is 0.300. The lowest BCUT2D eigenvalue weighted by molar-refractivity contribution is 0.534. The number of nitrogens with two attached hydrogens (primary N) is 1. The molecule has 1 aromatic rings. The Kier molecular flexibility index (Phi) is 3.58. The summed E-state index contributed by atoms with van der Waals surface area (Å²) in [5.74, 6) is -0.473. The number of nitrogens with zero attached hydrogens (tertiary/aromatic N) is 1. The average Bonchev–Trinajstić information content (AvgIpc) is 2.15. The molecule has 1 aromatic heterocycles. The summed E-state index contributed by atoms with van der Waals surface area (Å²) in [6.07, 6.45) is 4.68. The first-order chi connectivity index (χ1) is 6.25. The lowest BCUT2D eigenvalue weighted by Gasteiger charge is -2.10. The topological polar surface area (TPSA) is 38.9 Å². The first-order valence-electron chi connectivity index (χ1n) is 4.22. The van der Waals surface area contributed by atoms with Crippen LogP contribution in [0.3, 0.4) is 0 Å². The largest absolute Gasteiger partial charge is 0.324 e. The van der Waals surface area contributed by atoms with E-state index in [0.29, 0.717) is 12.0 Å². The minimum absolute atomic E-state index is 0.285. The Morgan fingerprint density at radius 2 is 2.46 bits per heavy atom. The normalized spacial score (nSPS) is 12.5. The molecule has 0 amide bonds. The Bertz CT molecular complexity index is 286. The van der Waals surface area contributed by atoms with Crippen LogP contribution >= 0.6 is 0 Å². The molecule has 0 unspecified atom stereocenters. The molecule has 0 aliphatic rings. The van der Waals surface area contributed by atoms with Crippen molar-refractivity contribution in [1.29, 1.82) is 0 Å². The third-order valence-corrected chi connectivity index (χ3v) is 1.87. The Morgan fingerprint density at radius 3 is 3.08 bits per heavy atom. The molecule has 0 bridgehead atoms. The quantitative estimate of drug-likeness (QED) is 0.569. The SMILES string of the molecule is C=CCC[C@H](N)c1cccnc1F. The van der Waals surface area contributed by atoms with Crippen molar-refractivity contribution in [3.63, 3.8) is 0 Å². The molecule has 0 radical (unpaired) electrons. The summed E-state index contributed by atoms with van der Waals surface area (Å²) in [7, 11) is 0. The third-order valence-electron chi connectivity index (χ3n) is 1.87. The van der Waals surface area contributed by atoms with Gasteiger partial charge in [-0.15, -0.1) is 6.58 Å². The monoisotopic (exact) mass is 180 g/mol. The van der Waals surface area contributed by atoms with E-state index in [1.165, 1.54) is 6.20 Å². The molecule has 2 N–H and O–H groups in total. The Balaban J connectivity index is 2.70. The van der Waals surface area contributed by atoms with Crippen molar-refractivity contribution in [2.24, 2.45) is 5.73 Å². The highest BCUT2D eigenvalue weighted by molar-refractivity contribution is 5.15. The Labute approximate surface area is 77.3 Å². The van der Waals surface area contributed by atoms with Gasteiger partial charge in [0.1, 0.15) is 0 Å². The molecule has 0 aliphatic heterocycles. The van der Waals surface area contributed by atoms with E-state index in [1.54, 1.807) is 18.2 Å². The van der Waals surface area contributed by atoms with Gasteiger partial charge in [0, 0.05) is 17.8 Å². The zero-order valence-electron chi connectivity index (χ0n) is 7.41. The minimum atomic E-state index is -0.473. The van der Waals surface area contributed by atoms with Crippen LogP contribution in [0.25, 0.3) is 0 Å². The van der Waals surface area contributed by atoms with Crippen LogP contribution in [0.2, 0.25) is 0 Å². The van der Waals surface area contributed by atoms with Gasteiger partial charge >= 0.3 is 0 Å². The molecule has 0 aromatic carbocycles. The summed E-state index contributed by atoms with van der Waals surface area (Å²) < 4.78 is 13.1. The summed E-state index contributed by atoms with van der Waals surface area (Å²) in [6, 6.07) is 3.06. The van der Waals surface area contributed by atoms with E-state index in [0.717, 1.165) is 6.42 Å². The van der Waals surface area contributed by atoms with Crippen molar-refractivity contribution >= 4 is 0 Å². The van der Waals surface area contributed by atoms with Crippen LogP contribution in [-0.4, -0.2) is 4.98 Å². The molecule has 1 rings (SSSR count). The van der Waals surface area contributed by atoms with Crippen LogP contribution in [0, 0.1) is 5.95 Å². The van der Waals surface area contributed by atoms with Crippen LogP contribution in [-0.2, 0) is 0 Å². The van der Waals surface area contributed by atoms with Crippen molar-refractivity contribution in [2.45, 2.75) is 18.9 Å². The van der Waals surface area contributed by atoms with Crippen LogP contribution in [0.5, 0.6) is 0 Å². The first-order valence-corrected chi connectivity index (χ1v) is 4.22. The lowest BCUT2D eigenvalue weighted by atomic mass is 10.0. The van der Waals surface area contributed by atoms with Gasteiger partial charge < -0.3 is 5.73 Å². The molecule has 0 saturated heterocycles. The molecule has 3 heteroatoms. The van der Waals surface area contributed by atoms with Crippen LogP contribution in [0.15, 0.2) is 31.0 Å². The Hall–Kier alpha value is -1.22. The van der Waals surface area contributed by atoms with Crippen molar-refractivity contribution in [3.05, 3.63) is 42.5 Å². The molecular weight excluding hydrogens is 167 g/mol. The van der Waals surface area contributed by atoms with E-state index < -0.39 is 5.95 Å². The molecule has 1 atom stereocenters. The van der Waals surface area contributed by atoms with E-state index in [2.05, 4.69) is 11.6 Å². The predicted octanol–water partition coefficient (Wildman–Crippen LogP) is 2.19. The molecule has 0 aliphatic carbocycles. The van der Waals surface area contributed by atoms with Gasteiger partial charge in [-0.25, -0.2) is 4.98 Å². The highest BCUT2D eigenvalue weighted by Crippen LogP contribution is 2.17. The van der Waals surface area contributed by atoms with Gasteiger partial charge in [-0.3, -0.25) is 0 Å². The summed E-state index contributed by atoms with van der Waals surface area (Å²) in [4.78, 5) is 3.54. The number of aromatic nitrogens is 1. The van der Waals surface area contributed by atoms with E-state index in [4.69, 9.17) is 5.73 Å². The lowest BCUT2D eigenvalue weighted by Crippen LogP contribution is -2.12. The molecule has 0 saturated carbocycles. The van der Waals surface area contributed by atoms with Crippen LogP contribution in [0.4, 0.5) is 4.39 Å². The van der Waals surface area contributed by atoms with Crippen LogP contribution in [0.1, 0.15) is 24.4 Å². The standard InChI is InChI=1S/C10H13FN2/c1-2-3-6-9(12)8-5-4-7-13-10(8)11/h2,4-5,7,9H,1,3,6,12H2/t9-/m0/s1. The maximum absolute atomic E-state index is 13.1. The fourth-order valence-corrected chi connectivity index (χ4v) is 1.13. The summed E-state index contributed by atoms with van der Waals surface area (Å²) in [5, 5.41) is 0. The zero-order chi connectivity index (χ0) is 9.68. The average molecular weight is 180 g/mol. The van der Waals surface area contributed by atoms with Crippen molar-refractivity contribution in [2.75, 3.05) is 0 Å². The summed E-state index contributed by atoms with van der Waals surface area (Å²) in [5.41, 5.74) is 6.23. The number of hydrogen-bond acceptors (Lipinski definition) is 2.